The summed E-state index contributed by atoms with van der Waals surface area (Å²) in [4.78, 5) is 27.9. The second kappa shape index (κ2) is 11.5. The lowest BCUT2D eigenvalue weighted by Crippen LogP contribution is -2.52. The molecule has 0 aliphatic heterocycles. The molecular formula is C25H32FN3O4S. The molecule has 2 aromatic rings. The second-order valence-corrected chi connectivity index (χ2v) is 10.7. The maximum atomic E-state index is 13.4. The maximum absolute atomic E-state index is 13.4. The van der Waals surface area contributed by atoms with E-state index >= 15 is 0 Å². The molecule has 0 heterocycles. The van der Waals surface area contributed by atoms with Gasteiger partial charge in [-0.15, -0.1) is 0 Å². The zero-order valence-corrected chi connectivity index (χ0v) is 20.4. The average molecular weight is 490 g/mol. The monoisotopic (exact) mass is 489 g/mol. The van der Waals surface area contributed by atoms with Crippen LogP contribution in [0, 0.1) is 5.82 Å². The molecule has 0 unspecified atom stereocenters. The molecule has 0 aromatic heterocycles. The van der Waals surface area contributed by atoms with Crippen molar-refractivity contribution in [1.82, 2.24) is 10.2 Å². The van der Waals surface area contributed by atoms with Gasteiger partial charge in [-0.3, -0.25) is 13.9 Å². The van der Waals surface area contributed by atoms with E-state index in [1.165, 1.54) is 17.0 Å². The van der Waals surface area contributed by atoms with Crippen molar-refractivity contribution in [2.45, 2.75) is 57.7 Å². The summed E-state index contributed by atoms with van der Waals surface area (Å²) in [6.07, 6.45) is 6.10. The predicted molar refractivity (Wildman–Crippen MR) is 130 cm³/mol. The summed E-state index contributed by atoms with van der Waals surface area (Å²) < 4.78 is 39.3. The molecular weight excluding hydrogens is 457 g/mol. The third-order valence-electron chi connectivity index (χ3n) is 6.11. The van der Waals surface area contributed by atoms with Gasteiger partial charge in [-0.2, -0.15) is 0 Å². The Labute approximate surface area is 201 Å². The van der Waals surface area contributed by atoms with Crippen LogP contribution in [0.2, 0.25) is 0 Å². The number of nitrogens with one attached hydrogen (secondary N) is 1. The van der Waals surface area contributed by atoms with Gasteiger partial charge in [0.2, 0.25) is 21.8 Å². The quantitative estimate of drug-likeness (QED) is 0.585. The van der Waals surface area contributed by atoms with Gasteiger partial charge in [0.15, 0.2) is 0 Å². The van der Waals surface area contributed by atoms with E-state index in [0.29, 0.717) is 0 Å². The van der Waals surface area contributed by atoms with Gasteiger partial charge in [-0.25, -0.2) is 12.8 Å². The van der Waals surface area contributed by atoms with Crippen LogP contribution in [0.4, 0.5) is 10.1 Å². The predicted octanol–water partition coefficient (Wildman–Crippen LogP) is 3.46. The summed E-state index contributed by atoms with van der Waals surface area (Å²) >= 11 is 0. The van der Waals surface area contributed by atoms with Crippen molar-refractivity contribution in [3.05, 3.63) is 66.0 Å². The molecule has 0 bridgehead atoms. The van der Waals surface area contributed by atoms with E-state index in [9.17, 15) is 22.4 Å². The number of nitrogens with zero attached hydrogens (tertiary/aromatic N) is 2. The highest BCUT2D eigenvalue weighted by Crippen LogP contribution is 2.21. The highest BCUT2D eigenvalue weighted by atomic mass is 32.2. The number of amides is 2. The molecule has 1 aliphatic rings. The minimum Gasteiger partial charge on any atom is -0.352 e. The molecule has 3 rings (SSSR count). The first-order valence-electron chi connectivity index (χ1n) is 11.5. The van der Waals surface area contributed by atoms with Gasteiger partial charge in [0.25, 0.3) is 0 Å². The Kier molecular flexibility index (Phi) is 8.66. The lowest BCUT2D eigenvalue weighted by Gasteiger charge is -2.33. The third-order valence-corrected chi connectivity index (χ3v) is 7.25. The van der Waals surface area contributed by atoms with Crippen molar-refractivity contribution < 1.29 is 22.4 Å². The normalized spacial score (nSPS) is 15.4. The Balaban J connectivity index is 1.83. The van der Waals surface area contributed by atoms with Crippen molar-refractivity contribution in [2.75, 3.05) is 17.1 Å². The van der Waals surface area contributed by atoms with Crippen LogP contribution in [0.3, 0.4) is 0 Å². The molecule has 34 heavy (non-hydrogen) atoms. The first kappa shape index (κ1) is 25.7. The minimum absolute atomic E-state index is 0.0871. The topological polar surface area (TPSA) is 86.8 Å². The molecule has 9 heteroatoms. The van der Waals surface area contributed by atoms with Crippen LogP contribution in [0.1, 0.15) is 44.6 Å². The Bertz CT molecular complexity index is 1070. The number of hydrogen-bond donors (Lipinski definition) is 1. The van der Waals surface area contributed by atoms with Crippen LogP contribution in [0.15, 0.2) is 54.6 Å². The van der Waals surface area contributed by atoms with Gasteiger partial charge >= 0.3 is 0 Å². The number of carbonyl (C=O) groups excluding carboxylic acids is 2. The fourth-order valence-electron chi connectivity index (χ4n) is 4.15. The molecule has 0 radical (unpaired) electrons. The van der Waals surface area contributed by atoms with Gasteiger partial charge in [-0.05, 0) is 49.6 Å². The fourth-order valence-corrected chi connectivity index (χ4v) is 5.00. The summed E-state index contributed by atoms with van der Waals surface area (Å²) in [5.41, 5.74) is 0.997. The van der Waals surface area contributed by atoms with E-state index in [-0.39, 0.29) is 24.2 Å². The van der Waals surface area contributed by atoms with Crippen LogP contribution >= 0.6 is 0 Å². The molecule has 2 aromatic carbocycles. The number of carbonyl (C=O) groups is 2. The Morgan fingerprint density at radius 3 is 2.24 bits per heavy atom. The van der Waals surface area contributed by atoms with Gasteiger partial charge in [-0.1, -0.05) is 49.6 Å². The van der Waals surface area contributed by atoms with Gasteiger partial charge < -0.3 is 10.2 Å². The summed E-state index contributed by atoms with van der Waals surface area (Å²) in [5, 5.41) is 3.05. The third kappa shape index (κ3) is 7.03. The standard InChI is InChI=1S/C25H32FN3O4S/c1-19(25(31)27-22-11-7-4-8-12-22)28(17-20-9-5-3-6-10-20)24(30)18-29(34(2,32)33)23-15-13-21(26)14-16-23/h3,5-6,9-10,13-16,19,22H,4,7-8,11-12,17-18H2,1-2H3,(H,27,31)/t19-/m0/s1. The highest BCUT2D eigenvalue weighted by molar-refractivity contribution is 7.92. The number of hydrogen-bond acceptors (Lipinski definition) is 4. The molecule has 7 nitrogen and oxygen atoms in total. The SMILES string of the molecule is C[C@@H](C(=O)NC1CCCCC1)N(Cc1ccccc1)C(=O)CN(c1ccc(F)cc1)S(C)(=O)=O. The molecule has 0 saturated heterocycles. The van der Waals surface area contributed by atoms with E-state index in [4.69, 9.17) is 0 Å². The van der Waals surface area contributed by atoms with E-state index in [1.807, 2.05) is 30.3 Å². The molecule has 1 aliphatic carbocycles. The molecule has 0 spiro atoms. The Morgan fingerprint density at radius 1 is 1.03 bits per heavy atom. The van der Waals surface area contributed by atoms with Gasteiger partial charge in [0.1, 0.15) is 18.4 Å². The number of sulfonamides is 1. The molecule has 184 valence electrons. The number of rotatable bonds is 9. The number of anilines is 1. The van der Waals surface area contributed by atoms with Crippen LogP contribution < -0.4 is 9.62 Å². The summed E-state index contributed by atoms with van der Waals surface area (Å²) in [7, 11) is -3.84. The molecule has 1 atom stereocenters. The zero-order chi connectivity index (χ0) is 24.7. The fraction of sp³-hybridized carbons (Fsp3) is 0.440. The largest absolute Gasteiger partial charge is 0.352 e. The van der Waals surface area contributed by atoms with Crippen molar-refractivity contribution in [2.24, 2.45) is 0 Å². The van der Waals surface area contributed by atoms with Crippen LogP contribution in [-0.4, -0.2) is 50.0 Å². The van der Waals surface area contributed by atoms with Crippen molar-refractivity contribution in [1.29, 1.82) is 0 Å². The summed E-state index contributed by atoms with van der Waals surface area (Å²) in [5.74, 6) is -1.30. The average Bonchev–Trinajstić information content (AvgIpc) is 2.81. The number of benzene rings is 2. The van der Waals surface area contributed by atoms with Crippen LogP contribution in [0.5, 0.6) is 0 Å². The minimum atomic E-state index is -3.84. The second-order valence-electron chi connectivity index (χ2n) is 8.77. The zero-order valence-electron chi connectivity index (χ0n) is 19.6. The summed E-state index contributed by atoms with van der Waals surface area (Å²) in [6, 6.07) is 13.4. The molecule has 1 fully saturated rings. The van der Waals surface area contributed by atoms with Crippen molar-refractivity contribution in [3.8, 4) is 0 Å². The van der Waals surface area contributed by atoms with E-state index < -0.39 is 34.3 Å². The van der Waals surface area contributed by atoms with Crippen LogP contribution in [0.25, 0.3) is 0 Å². The lowest BCUT2D eigenvalue weighted by molar-refractivity contribution is -0.139. The first-order valence-corrected chi connectivity index (χ1v) is 13.4. The molecule has 1 N–H and O–H groups in total. The molecule has 2 amide bonds. The lowest BCUT2D eigenvalue weighted by atomic mass is 9.95. The molecule has 1 saturated carbocycles. The van der Waals surface area contributed by atoms with E-state index in [1.54, 1.807) is 6.92 Å². The first-order chi connectivity index (χ1) is 16.1. The number of halogens is 1. The van der Waals surface area contributed by atoms with Crippen molar-refractivity contribution >= 4 is 27.5 Å². The highest BCUT2D eigenvalue weighted by Gasteiger charge is 2.31. The van der Waals surface area contributed by atoms with E-state index in [0.717, 1.165) is 60.4 Å². The smallest absolute Gasteiger partial charge is 0.244 e. The Hall–Kier alpha value is -2.94. The van der Waals surface area contributed by atoms with Crippen molar-refractivity contribution in [3.63, 3.8) is 0 Å². The van der Waals surface area contributed by atoms with E-state index in [2.05, 4.69) is 5.32 Å². The van der Waals surface area contributed by atoms with Gasteiger partial charge in [0.05, 0.1) is 11.9 Å². The summed E-state index contributed by atoms with van der Waals surface area (Å²) in [6.45, 7) is 1.31. The Morgan fingerprint density at radius 2 is 1.65 bits per heavy atom. The maximum Gasteiger partial charge on any atom is 0.244 e. The van der Waals surface area contributed by atoms with Gasteiger partial charge in [0, 0.05) is 12.6 Å². The van der Waals surface area contributed by atoms with Crippen LogP contribution in [-0.2, 0) is 26.2 Å².